The molecule has 0 saturated heterocycles. The van der Waals surface area contributed by atoms with Crippen LogP contribution in [0.2, 0.25) is 0 Å². The third kappa shape index (κ3) is 7.11. The molecule has 0 bridgehead atoms. The van der Waals surface area contributed by atoms with Crippen molar-refractivity contribution in [3.63, 3.8) is 0 Å². The molecule has 0 aromatic carbocycles. The number of carboxylic acids is 1. The Balaban J connectivity index is 4.85. The highest BCUT2D eigenvalue weighted by atomic mass is 16.4. The van der Waals surface area contributed by atoms with Gasteiger partial charge in [0.05, 0.1) is 0 Å². The van der Waals surface area contributed by atoms with E-state index in [0.29, 0.717) is 6.42 Å². The number of rotatable bonds is 10. The molecular formula is C15H28N2O4. The molecule has 0 aromatic rings. The minimum Gasteiger partial charge on any atom is -0.480 e. The topological polar surface area (TPSA) is 86.7 Å². The van der Waals surface area contributed by atoms with Gasteiger partial charge in [-0.1, -0.05) is 26.7 Å². The van der Waals surface area contributed by atoms with Crippen LogP contribution in [0.5, 0.6) is 0 Å². The summed E-state index contributed by atoms with van der Waals surface area (Å²) in [6, 6.07) is -0.887. The highest BCUT2D eigenvalue weighted by Gasteiger charge is 2.29. The van der Waals surface area contributed by atoms with Crippen LogP contribution in [-0.4, -0.2) is 46.9 Å². The summed E-state index contributed by atoms with van der Waals surface area (Å²) >= 11 is 0. The first-order valence-corrected chi connectivity index (χ1v) is 7.62. The van der Waals surface area contributed by atoms with Gasteiger partial charge < -0.3 is 15.3 Å². The van der Waals surface area contributed by atoms with Gasteiger partial charge in [0.15, 0.2) is 0 Å². The first-order chi connectivity index (χ1) is 9.84. The molecule has 0 aliphatic carbocycles. The van der Waals surface area contributed by atoms with E-state index in [0.717, 1.165) is 19.3 Å². The fourth-order valence-corrected chi connectivity index (χ4v) is 2.17. The van der Waals surface area contributed by atoms with Crippen molar-refractivity contribution >= 4 is 17.8 Å². The third-order valence-electron chi connectivity index (χ3n) is 3.58. The molecule has 0 fully saturated rings. The SMILES string of the molecule is CCCCC(CC)C(=O)N(CCNC(C)=O)C(C)C(=O)O. The molecule has 122 valence electrons. The molecule has 2 unspecified atom stereocenters. The molecule has 0 radical (unpaired) electrons. The van der Waals surface area contributed by atoms with Gasteiger partial charge in [-0.05, 0) is 19.8 Å². The average Bonchev–Trinajstić information content (AvgIpc) is 2.43. The van der Waals surface area contributed by atoms with Crippen LogP contribution < -0.4 is 5.32 Å². The molecule has 0 rings (SSSR count). The Hall–Kier alpha value is -1.59. The standard InChI is InChI=1S/C15H28N2O4/c1-5-7-8-13(6-2)14(19)17(11(3)15(20)21)10-9-16-12(4)18/h11,13H,5-10H2,1-4H3,(H,16,18)(H,20,21). The molecule has 2 amide bonds. The number of hydrogen-bond donors (Lipinski definition) is 2. The van der Waals surface area contributed by atoms with Gasteiger partial charge in [0.1, 0.15) is 6.04 Å². The number of hydrogen-bond acceptors (Lipinski definition) is 3. The number of unbranched alkanes of at least 4 members (excludes halogenated alkanes) is 1. The smallest absolute Gasteiger partial charge is 0.326 e. The minimum absolute atomic E-state index is 0.133. The maximum Gasteiger partial charge on any atom is 0.326 e. The van der Waals surface area contributed by atoms with E-state index in [4.69, 9.17) is 5.11 Å². The summed E-state index contributed by atoms with van der Waals surface area (Å²) < 4.78 is 0. The van der Waals surface area contributed by atoms with Gasteiger partial charge in [-0.15, -0.1) is 0 Å². The van der Waals surface area contributed by atoms with Crippen molar-refractivity contribution < 1.29 is 19.5 Å². The minimum atomic E-state index is -1.03. The zero-order valence-electron chi connectivity index (χ0n) is 13.5. The van der Waals surface area contributed by atoms with Gasteiger partial charge in [0, 0.05) is 25.9 Å². The molecule has 0 saturated carbocycles. The van der Waals surface area contributed by atoms with E-state index in [1.807, 2.05) is 6.92 Å². The molecule has 0 aliphatic rings. The number of aliphatic carboxylic acids is 1. The first-order valence-electron chi connectivity index (χ1n) is 7.62. The lowest BCUT2D eigenvalue weighted by Crippen LogP contribution is -2.48. The summed E-state index contributed by atoms with van der Waals surface area (Å²) in [5.74, 6) is -1.50. The van der Waals surface area contributed by atoms with E-state index in [1.165, 1.54) is 18.7 Å². The lowest BCUT2D eigenvalue weighted by atomic mass is 9.97. The predicted octanol–water partition coefficient (Wildman–Crippen LogP) is 1.64. The normalized spacial score (nSPS) is 13.3. The second kappa shape index (κ2) is 10.2. The Morgan fingerprint density at radius 3 is 2.29 bits per heavy atom. The quantitative estimate of drug-likeness (QED) is 0.642. The van der Waals surface area contributed by atoms with Crippen LogP contribution >= 0.6 is 0 Å². The van der Waals surface area contributed by atoms with Crippen LogP contribution in [0.4, 0.5) is 0 Å². The first kappa shape index (κ1) is 19.4. The average molecular weight is 300 g/mol. The number of amides is 2. The van der Waals surface area contributed by atoms with Gasteiger partial charge in [0.25, 0.3) is 0 Å². The highest BCUT2D eigenvalue weighted by Crippen LogP contribution is 2.17. The summed E-state index contributed by atoms with van der Waals surface area (Å²) in [4.78, 5) is 36.0. The van der Waals surface area contributed by atoms with E-state index < -0.39 is 12.0 Å². The monoisotopic (exact) mass is 300 g/mol. The fraction of sp³-hybridized carbons (Fsp3) is 0.800. The van der Waals surface area contributed by atoms with E-state index in [2.05, 4.69) is 12.2 Å². The van der Waals surface area contributed by atoms with E-state index >= 15 is 0 Å². The zero-order chi connectivity index (χ0) is 16.4. The molecular weight excluding hydrogens is 272 g/mol. The van der Waals surface area contributed by atoms with Gasteiger partial charge in [-0.3, -0.25) is 9.59 Å². The van der Waals surface area contributed by atoms with Crippen LogP contribution in [0, 0.1) is 5.92 Å². The summed E-state index contributed by atoms with van der Waals surface area (Å²) in [7, 11) is 0. The molecule has 6 nitrogen and oxygen atoms in total. The van der Waals surface area contributed by atoms with Crippen molar-refractivity contribution in [3.05, 3.63) is 0 Å². The molecule has 0 aromatic heterocycles. The number of nitrogens with zero attached hydrogens (tertiary/aromatic N) is 1. The van der Waals surface area contributed by atoms with Crippen molar-refractivity contribution in [2.75, 3.05) is 13.1 Å². The lowest BCUT2D eigenvalue weighted by molar-refractivity contribution is -0.151. The third-order valence-corrected chi connectivity index (χ3v) is 3.58. The summed E-state index contributed by atoms with van der Waals surface area (Å²) in [6.07, 6.45) is 3.42. The Morgan fingerprint density at radius 1 is 1.24 bits per heavy atom. The maximum absolute atomic E-state index is 12.6. The number of carbonyl (C=O) groups is 3. The van der Waals surface area contributed by atoms with Crippen LogP contribution in [0.1, 0.15) is 53.4 Å². The Morgan fingerprint density at radius 2 is 1.86 bits per heavy atom. The second-order valence-corrected chi connectivity index (χ2v) is 5.28. The molecule has 0 aliphatic heterocycles. The molecule has 6 heteroatoms. The molecule has 0 heterocycles. The summed E-state index contributed by atoms with van der Waals surface area (Å²) in [5.41, 5.74) is 0. The van der Waals surface area contributed by atoms with Crippen LogP contribution in [0.25, 0.3) is 0 Å². The Labute approximate surface area is 126 Å². The van der Waals surface area contributed by atoms with Crippen molar-refractivity contribution in [3.8, 4) is 0 Å². The van der Waals surface area contributed by atoms with Crippen LogP contribution in [-0.2, 0) is 14.4 Å². The molecule has 0 spiro atoms. The largest absolute Gasteiger partial charge is 0.480 e. The Kier molecular flexibility index (Phi) is 9.41. The van der Waals surface area contributed by atoms with Crippen molar-refractivity contribution in [1.82, 2.24) is 10.2 Å². The Bertz CT molecular complexity index is 358. The fourth-order valence-electron chi connectivity index (χ4n) is 2.17. The van der Waals surface area contributed by atoms with E-state index in [9.17, 15) is 14.4 Å². The van der Waals surface area contributed by atoms with Gasteiger partial charge in [-0.2, -0.15) is 0 Å². The van der Waals surface area contributed by atoms with Crippen molar-refractivity contribution in [2.24, 2.45) is 5.92 Å². The predicted molar refractivity (Wildman–Crippen MR) is 80.8 cm³/mol. The summed E-state index contributed by atoms with van der Waals surface area (Å²) in [6.45, 7) is 7.38. The second-order valence-electron chi connectivity index (χ2n) is 5.28. The lowest BCUT2D eigenvalue weighted by Gasteiger charge is -2.30. The highest BCUT2D eigenvalue weighted by molar-refractivity contribution is 5.85. The summed E-state index contributed by atoms with van der Waals surface area (Å²) in [5, 5.41) is 11.8. The van der Waals surface area contributed by atoms with Crippen molar-refractivity contribution in [2.45, 2.75) is 59.4 Å². The van der Waals surface area contributed by atoms with E-state index in [1.54, 1.807) is 0 Å². The zero-order valence-corrected chi connectivity index (χ0v) is 13.5. The number of carbonyl (C=O) groups excluding carboxylic acids is 2. The number of carboxylic acid groups (broad SMARTS) is 1. The van der Waals surface area contributed by atoms with Crippen LogP contribution in [0.15, 0.2) is 0 Å². The van der Waals surface area contributed by atoms with Gasteiger partial charge >= 0.3 is 5.97 Å². The molecule has 21 heavy (non-hydrogen) atoms. The van der Waals surface area contributed by atoms with E-state index in [-0.39, 0.29) is 30.8 Å². The number of nitrogens with one attached hydrogen (secondary N) is 1. The van der Waals surface area contributed by atoms with Crippen molar-refractivity contribution in [1.29, 1.82) is 0 Å². The van der Waals surface area contributed by atoms with Crippen LogP contribution in [0.3, 0.4) is 0 Å². The molecule has 2 N–H and O–H groups in total. The molecule has 2 atom stereocenters. The van der Waals surface area contributed by atoms with Gasteiger partial charge in [-0.25, -0.2) is 4.79 Å². The van der Waals surface area contributed by atoms with Gasteiger partial charge in [0.2, 0.25) is 11.8 Å². The maximum atomic E-state index is 12.6.